The van der Waals surface area contributed by atoms with Crippen LogP contribution in [0.15, 0.2) is 66.2 Å². The number of ether oxygens (including phenoxy) is 3. The maximum absolute atomic E-state index is 12.8. The lowest BCUT2D eigenvalue weighted by Gasteiger charge is -2.16. The first-order valence-electron chi connectivity index (χ1n) is 10.7. The molecule has 3 N–H and O–H groups in total. The molecule has 3 rings (SSSR count). The van der Waals surface area contributed by atoms with Gasteiger partial charge in [-0.25, -0.2) is 15.2 Å². The maximum Gasteiger partial charge on any atom is 0.408 e. The van der Waals surface area contributed by atoms with Crippen molar-refractivity contribution >= 4 is 18.2 Å². The van der Waals surface area contributed by atoms with Crippen LogP contribution in [0.3, 0.4) is 0 Å². The highest BCUT2D eigenvalue weighted by Crippen LogP contribution is 2.27. The molecule has 178 valence electrons. The minimum absolute atomic E-state index is 0.0861. The summed E-state index contributed by atoms with van der Waals surface area (Å²) in [6.45, 7) is 2.48. The number of alkyl carbamates (subject to hydrolysis) is 1. The van der Waals surface area contributed by atoms with Crippen LogP contribution in [0, 0.1) is 0 Å². The Balaban J connectivity index is 1.61. The van der Waals surface area contributed by atoms with Gasteiger partial charge >= 0.3 is 6.09 Å². The lowest BCUT2D eigenvalue weighted by molar-refractivity contribution is -0.123. The number of hydrogen-bond donors (Lipinski definition) is 3. The van der Waals surface area contributed by atoms with Gasteiger partial charge in [-0.3, -0.25) is 4.79 Å². The molecule has 10 heteroatoms. The first-order valence-corrected chi connectivity index (χ1v) is 10.7. The van der Waals surface area contributed by atoms with E-state index in [-0.39, 0.29) is 13.0 Å². The van der Waals surface area contributed by atoms with Crippen molar-refractivity contribution in [1.29, 1.82) is 0 Å². The molecular formula is C24H27N5O5. The molecule has 0 aliphatic heterocycles. The van der Waals surface area contributed by atoms with Crippen molar-refractivity contribution in [1.82, 2.24) is 20.7 Å². The van der Waals surface area contributed by atoms with E-state index in [9.17, 15) is 9.59 Å². The zero-order chi connectivity index (χ0) is 24.2. The van der Waals surface area contributed by atoms with E-state index >= 15 is 0 Å². The lowest BCUT2D eigenvalue weighted by atomic mass is 10.1. The number of aromatic amines is 1. The highest BCUT2D eigenvalue weighted by Gasteiger charge is 2.22. The van der Waals surface area contributed by atoms with Crippen molar-refractivity contribution in [2.24, 2.45) is 5.10 Å². The monoisotopic (exact) mass is 465 g/mol. The van der Waals surface area contributed by atoms with Gasteiger partial charge in [0.15, 0.2) is 11.5 Å². The molecule has 0 aliphatic carbocycles. The number of carbonyl (C=O) groups is 2. The molecular weight excluding hydrogens is 438 g/mol. The van der Waals surface area contributed by atoms with Crippen LogP contribution >= 0.6 is 0 Å². The minimum Gasteiger partial charge on any atom is -0.493 e. The molecule has 34 heavy (non-hydrogen) atoms. The van der Waals surface area contributed by atoms with Crippen LogP contribution in [0.4, 0.5) is 4.79 Å². The summed E-state index contributed by atoms with van der Waals surface area (Å²) < 4.78 is 16.0. The predicted octanol–water partition coefficient (Wildman–Crippen LogP) is 2.80. The average Bonchev–Trinajstić information content (AvgIpc) is 3.37. The second kappa shape index (κ2) is 12.6. The standard InChI is InChI=1S/C24H27N5O5/c1-3-33-21-10-9-18(11-22(21)32-2)13-27-29-23(30)20(12-19-14-25-16-26-19)28-24(31)34-15-17-7-5-4-6-8-17/h4-11,13-14,16,20H,3,12,15H2,1-2H3,(H,25,26)(H,28,31)(H,29,30)/b27-13-/t20-/m0/s1. The molecule has 0 aliphatic rings. The van der Waals surface area contributed by atoms with Crippen molar-refractivity contribution in [2.75, 3.05) is 13.7 Å². The Bertz CT molecular complexity index is 1090. The van der Waals surface area contributed by atoms with E-state index in [0.717, 1.165) is 5.56 Å². The van der Waals surface area contributed by atoms with E-state index in [0.29, 0.717) is 29.4 Å². The van der Waals surface area contributed by atoms with Gasteiger partial charge < -0.3 is 24.5 Å². The van der Waals surface area contributed by atoms with Crippen molar-refractivity contribution in [3.63, 3.8) is 0 Å². The molecule has 0 fully saturated rings. The van der Waals surface area contributed by atoms with Gasteiger partial charge in [-0.2, -0.15) is 5.10 Å². The average molecular weight is 466 g/mol. The van der Waals surface area contributed by atoms with Gasteiger partial charge in [0.1, 0.15) is 12.6 Å². The zero-order valence-corrected chi connectivity index (χ0v) is 19.0. The lowest BCUT2D eigenvalue weighted by Crippen LogP contribution is -2.47. The number of H-pyrrole nitrogens is 1. The van der Waals surface area contributed by atoms with Gasteiger partial charge in [0.2, 0.25) is 0 Å². The van der Waals surface area contributed by atoms with Crippen LogP contribution in [-0.4, -0.2) is 47.9 Å². The number of amides is 2. The second-order valence-electron chi connectivity index (χ2n) is 7.12. The van der Waals surface area contributed by atoms with E-state index < -0.39 is 18.0 Å². The SMILES string of the molecule is CCOc1ccc(/C=N\NC(=O)[C@H](Cc2cnc[nH]2)NC(=O)OCc2ccccc2)cc1OC. The van der Waals surface area contributed by atoms with E-state index in [2.05, 4.69) is 25.8 Å². The summed E-state index contributed by atoms with van der Waals surface area (Å²) in [5.41, 5.74) is 4.66. The van der Waals surface area contributed by atoms with E-state index in [4.69, 9.17) is 14.2 Å². The summed E-state index contributed by atoms with van der Waals surface area (Å²) >= 11 is 0. The summed E-state index contributed by atoms with van der Waals surface area (Å²) in [6.07, 6.45) is 4.00. The van der Waals surface area contributed by atoms with Crippen molar-refractivity contribution < 1.29 is 23.8 Å². The third kappa shape index (κ3) is 7.37. The first kappa shape index (κ1) is 24.3. The molecule has 2 aromatic carbocycles. The smallest absolute Gasteiger partial charge is 0.408 e. The predicted molar refractivity (Wildman–Crippen MR) is 126 cm³/mol. The normalized spacial score (nSPS) is 11.6. The maximum atomic E-state index is 12.8. The molecule has 3 aromatic rings. The summed E-state index contributed by atoms with van der Waals surface area (Å²) in [5.74, 6) is 0.654. The zero-order valence-electron chi connectivity index (χ0n) is 19.0. The molecule has 0 saturated heterocycles. The number of nitrogens with zero attached hydrogens (tertiary/aromatic N) is 2. The van der Waals surface area contributed by atoms with Gasteiger partial charge in [-0.1, -0.05) is 30.3 Å². The number of imidazole rings is 1. The van der Waals surface area contributed by atoms with Crippen LogP contribution in [0.1, 0.15) is 23.7 Å². The number of carbonyl (C=O) groups excluding carboxylic acids is 2. The van der Waals surface area contributed by atoms with E-state index in [1.807, 2.05) is 37.3 Å². The molecule has 10 nitrogen and oxygen atoms in total. The van der Waals surface area contributed by atoms with Crippen LogP contribution in [0.25, 0.3) is 0 Å². The Morgan fingerprint density at radius 1 is 1.18 bits per heavy atom. The fraction of sp³-hybridized carbons (Fsp3) is 0.250. The molecule has 0 spiro atoms. The molecule has 0 bridgehead atoms. The van der Waals surface area contributed by atoms with Gasteiger partial charge in [0.25, 0.3) is 5.91 Å². The number of hydrogen-bond acceptors (Lipinski definition) is 7. The van der Waals surface area contributed by atoms with Crippen LogP contribution < -0.4 is 20.2 Å². The largest absolute Gasteiger partial charge is 0.493 e. The van der Waals surface area contributed by atoms with Gasteiger partial charge in [-0.15, -0.1) is 0 Å². The number of aromatic nitrogens is 2. The highest BCUT2D eigenvalue weighted by atomic mass is 16.5. The summed E-state index contributed by atoms with van der Waals surface area (Å²) in [7, 11) is 1.54. The van der Waals surface area contributed by atoms with E-state index in [1.54, 1.807) is 31.5 Å². The fourth-order valence-electron chi connectivity index (χ4n) is 3.02. The Kier molecular flexibility index (Phi) is 9.03. The minimum atomic E-state index is -0.935. The van der Waals surface area contributed by atoms with Crippen LogP contribution in [-0.2, 0) is 22.6 Å². The van der Waals surface area contributed by atoms with Crippen molar-refractivity contribution in [2.45, 2.75) is 26.0 Å². The molecule has 0 saturated carbocycles. The Labute approximate surface area is 197 Å². The third-order valence-electron chi connectivity index (χ3n) is 4.68. The van der Waals surface area contributed by atoms with Gasteiger partial charge in [0, 0.05) is 18.3 Å². The number of methoxy groups -OCH3 is 1. The second-order valence-corrected chi connectivity index (χ2v) is 7.12. The van der Waals surface area contributed by atoms with Crippen LogP contribution in [0.5, 0.6) is 11.5 Å². The van der Waals surface area contributed by atoms with Crippen molar-refractivity contribution in [3.05, 3.63) is 77.9 Å². The molecule has 1 atom stereocenters. The number of rotatable bonds is 11. The molecule has 0 unspecified atom stereocenters. The number of hydrazone groups is 1. The molecule has 1 heterocycles. The Morgan fingerprint density at radius 2 is 2.00 bits per heavy atom. The Morgan fingerprint density at radius 3 is 2.71 bits per heavy atom. The van der Waals surface area contributed by atoms with Gasteiger partial charge in [0.05, 0.1) is 26.3 Å². The van der Waals surface area contributed by atoms with Crippen LogP contribution in [0.2, 0.25) is 0 Å². The summed E-state index contributed by atoms with van der Waals surface area (Å²) in [4.78, 5) is 31.9. The Hall–Kier alpha value is -4.34. The summed E-state index contributed by atoms with van der Waals surface area (Å²) in [6, 6.07) is 13.6. The molecule has 0 radical (unpaired) electrons. The molecule has 1 aromatic heterocycles. The van der Waals surface area contributed by atoms with E-state index in [1.165, 1.54) is 12.5 Å². The number of nitrogens with one attached hydrogen (secondary N) is 3. The molecule has 2 amide bonds. The topological polar surface area (TPSA) is 127 Å². The quantitative estimate of drug-likeness (QED) is 0.295. The van der Waals surface area contributed by atoms with Crippen molar-refractivity contribution in [3.8, 4) is 11.5 Å². The fourth-order valence-corrected chi connectivity index (χ4v) is 3.02. The highest BCUT2D eigenvalue weighted by molar-refractivity contribution is 5.87. The first-order chi connectivity index (χ1) is 16.6. The van der Waals surface area contributed by atoms with Gasteiger partial charge in [-0.05, 0) is 36.2 Å². The summed E-state index contributed by atoms with van der Waals surface area (Å²) in [5, 5.41) is 6.59. The number of benzene rings is 2. The third-order valence-corrected chi connectivity index (χ3v) is 4.68.